The Labute approximate surface area is 127 Å². The molecule has 1 unspecified atom stereocenters. The van der Waals surface area contributed by atoms with Crippen LogP contribution in [-0.4, -0.2) is 11.9 Å². The maximum Gasteiger partial charge on any atom is 0.251 e. The second-order valence-electron chi connectivity index (χ2n) is 6.16. The number of nitrogens with two attached hydrogens (primary N) is 1. The maximum atomic E-state index is 12.3. The van der Waals surface area contributed by atoms with E-state index in [9.17, 15) is 4.79 Å². The van der Waals surface area contributed by atoms with Crippen LogP contribution in [0.2, 0.25) is 0 Å². The van der Waals surface area contributed by atoms with Crippen LogP contribution in [0.1, 0.15) is 55.5 Å². The second-order valence-corrected chi connectivity index (χ2v) is 6.16. The highest BCUT2D eigenvalue weighted by Crippen LogP contribution is 2.35. The molecule has 3 nitrogen and oxygen atoms in total. The molecular formula is C16H25ClN2O. The van der Waals surface area contributed by atoms with Gasteiger partial charge in [-0.2, -0.15) is 0 Å². The SMILES string of the molecule is CC1(C)CCCCC1NC(=O)c1ccc(CN)cc1.Cl. The van der Waals surface area contributed by atoms with E-state index in [0.717, 1.165) is 17.5 Å². The molecule has 3 N–H and O–H groups in total. The van der Waals surface area contributed by atoms with Crippen LogP contribution in [0.3, 0.4) is 0 Å². The third kappa shape index (κ3) is 3.97. The Kier molecular flexibility index (Phi) is 6.03. The predicted molar refractivity (Wildman–Crippen MR) is 85.1 cm³/mol. The van der Waals surface area contributed by atoms with Gasteiger partial charge >= 0.3 is 0 Å². The summed E-state index contributed by atoms with van der Waals surface area (Å²) in [6.45, 7) is 5.00. The molecule has 20 heavy (non-hydrogen) atoms. The zero-order chi connectivity index (χ0) is 13.9. The number of halogens is 1. The first-order valence-electron chi connectivity index (χ1n) is 7.13. The van der Waals surface area contributed by atoms with Crippen molar-refractivity contribution in [1.29, 1.82) is 0 Å². The summed E-state index contributed by atoms with van der Waals surface area (Å²) in [5, 5.41) is 3.19. The van der Waals surface area contributed by atoms with E-state index in [1.807, 2.05) is 24.3 Å². The first-order valence-corrected chi connectivity index (χ1v) is 7.13. The molecule has 1 aromatic carbocycles. The average Bonchev–Trinajstić information content (AvgIpc) is 2.41. The van der Waals surface area contributed by atoms with Gasteiger partial charge in [0.05, 0.1) is 0 Å². The lowest BCUT2D eigenvalue weighted by Gasteiger charge is -2.39. The molecule has 0 bridgehead atoms. The lowest BCUT2D eigenvalue weighted by molar-refractivity contribution is 0.0853. The summed E-state index contributed by atoms with van der Waals surface area (Å²) in [5.41, 5.74) is 7.53. The monoisotopic (exact) mass is 296 g/mol. The number of amides is 1. The van der Waals surface area contributed by atoms with Crippen molar-refractivity contribution in [2.75, 3.05) is 0 Å². The van der Waals surface area contributed by atoms with E-state index in [0.29, 0.717) is 6.54 Å². The highest BCUT2D eigenvalue weighted by Gasteiger charge is 2.33. The van der Waals surface area contributed by atoms with Crippen molar-refractivity contribution in [2.45, 2.75) is 52.1 Å². The van der Waals surface area contributed by atoms with Crippen molar-refractivity contribution in [2.24, 2.45) is 11.1 Å². The van der Waals surface area contributed by atoms with Gasteiger partial charge in [-0.3, -0.25) is 4.79 Å². The normalized spacial score (nSPS) is 20.9. The van der Waals surface area contributed by atoms with E-state index in [1.54, 1.807) is 0 Å². The van der Waals surface area contributed by atoms with Gasteiger partial charge in [-0.1, -0.05) is 38.8 Å². The van der Waals surface area contributed by atoms with Crippen molar-refractivity contribution in [1.82, 2.24) is 5.32 Å². The van der Waals surface area contributed by atoms with Crippen LogP contribution in [0.4, 0.5) is 0 Å². The highest BCUT2D eigenvalue weighted by atomic mass is 35.5. The zero-order valence-corrected chi connectivity index (χ0v) is 13.1. The Hall–Kier alpha value is -1.06. The van der Waals surface area contributed by atoms with E-state index in [4.69, 9.17) is 5.73 Å². The second kappa shape index (κ2) is 7.09. The van der Waals surface area contributed by atoms with Gasteiger partial charge in [-0.05, 0) is 36.0 Å². The molecule has 4 heteroatoms. The molecule has 0 aromatic heterocycles. The van der Waals surface area contributed by atoms with Crippen LogP contribution in [0.15, 0.2) is 24.3 Å². The Morgan fingerprint density at radius 1 is 1.30 bits per heavy atom. The van der Waals surface area contributed by atoms with Crippen molar-refractivity contribution < 1.29 is 4.79 Å². The van der Waals surface area contributed by atoms with Crippen LogP contribution in [0.25, 0.3) is 0 Å². The molecule has 0 radical (unpaired) electrons. The number of rotatable bonds is 3. The summed E-state index contributed by atoms with van der Waals surface area (Å²) in [5.74, 6) is 0.0311. The number of nitrogens with one attached hydrogen (secondary N) is 1. The van der Waals surface area contributed by atoms with Crippen molar-refractivity contribution in [3.05, 3.63) is 35.4 Å². The summed E-state index contributed by atoms with van der Waals surface area (Å²) in [7, 11) is 0. The third-order valence-electron chi connectivity index (χ3n) is 4.26. The molecule has 1 saturated carbocycles. The first-order chi connectivity index (χ1) is 9.03. The fourth-order valence-electron chi connectivity index (χ4n) is 2.80. The Balaban J connectivity index is 0.00000200. The van der Waals surface area contributed by atoms with Crippen molar-refractivity contribution >= 4 is 18.3 Å². The minimum absolute atomic E-state index is 0. The maximum absolute atomic E-state index is 12.3. The molecule has 0 heterocycles. The number of hydrogen-bond donors (Lipinski definition) is 2. The molecule has 112 valence electrons. The minimum Gasteiger partial charge on any atom is -0.349 e. The van der Waals surface area contributed by atoms with Gasteiger partial charge in [-0.25, -0.2) is 0 Å². The summed E-state index contributed by atoms with van der Waals surface area (Å²) in [4.78, 5) is 12.3. The quantitative estimate of drug-likeness (QED) is 0.899. The van der Waals surface area contributed by atoms with Crippen LogP contribution in [0.5, 0.6) is 0 Å². The lowest BCUT2D eigenvalue weighted by atomic mass is 9.73. The molecule has 1 aliphatic rings. The van der Waals surface area contributed by atoms with Gasteiger partial charge in [-0.15, -0.1) is 12.4 Å². The summed E-state index contributed by atoms with van der Waals surface area (Å²) in [6, 6.07) is 7.82. The van der Waals surface area contributed by atoms with E-state index < -0.39 is 0 Å². The molecule has 1 amide bonds. The highest BCUT2D eigenvalue weighted by molar-refractivity contribution is 5.94. The number of carbonyl (C=O) groups excluding carboxylic acids is 1. The summed E-state index contributed by atoms with van der Waals surface area (Å²) >= 11 is 0. The van der Waals surface area contributed by atoms with Gasteiger partial charge in [0, 0.05) is 18.2 Å². The minimum atomic E-state index is 0. The van der Waals surface area contributed by atoms with E-state index in [-0.39, 0.29) is 29.8 Å². The number of hydrogen-bond acceptors (Lipinski definition) is 2. The van der Waals surface area contributed by atoms with Crippen molar-refractivity contribution in [3.8, 4) is 0 Å². The Morgan fingerprint density at radius 2 is 1.95 bits per heavy atom. The fraction of sp³-hybridized carbons (Fsp3) is 0.562. The van der Waals surface area contributed by atoms with Crippen LogP contribution in [-0.2, 0) is 6.54 Å². The molecule has 1 aliphatic carbocycles. The van der Waals surface area contributed by atoms with Crippen molar-refractivity contribution in [3.63, 3.8) is 0 Å². The molecule has 1 aromatic rings. The van der Waals surface area contributed by atoms with Crippen LogP contribution < -0.4 is 11.1 Å². The van der Waals surface area contributed by atoms with E-state index in [1.165, 1.54) is 19.3 Å². The number of benzene rings is 1. The average molecular weight is 297 g/mol. The van der Waals surface area contributed by atoms with Gasteiger partial charge in [0.1, 0.15) is 0 Å². The summed E-state index contributed by atoms with van der Waals surface area (Å²) < 4.78 is 0. The summed E-state index contributed by atoms with van der Waals surface area (Å²) in [6.07, 6.45) is 4.74. The first kappa shape index (κ1) is 17.0. The Morgan fingerprint density at radius 3 is 2.50 bits per heavy atom. The molecular weight excluding hydrogens is 272 g/mol. The van der Waals surface area contributed by atoms with Gasteiger partial charge in [0.15, 0.2) is 0 Å². The fourth-order valence-corrected chi connectivity index (χ4v) is 2.80. The van der Waals surface area contributed by atoms with E-state index >= 15 is 0 Å². The third-order valence-corrected chi connectivity index (χ3v) is 4.26. The molecule has 0 aliphatic heterocycles. The molecule has 1 atom stereocenters. The molecule has 1 fully saturated rings. The van der Waals surface area contributed by atoms with Crippen LogP contribution >= 0.6 is 12.4 Å². The van der Waals surface area contributed by atoms with Crippen LogP contribution in [0, 0.1) is 5.41 Å². The predicted octanol–water partition coefficient (Wildman–Crippen LogP) is 3.27. The zero-order valence-electron chi connectivity index (χ0n) is 12.3. The largest absolute Gasteiger partial charge is 0.349 e. The molecule has 0 spiro atoms. The lowest BCUT2D eigenvalue weighted by Crippen LogP contribution is -2.46. The Bertz CT molecular complexity index is 442. The molecule has 2 rings (SSSR count). The smallest absolute Gasteiger partial charge is 0.251 e. The topological polar surface area (TPSA) is 55.1 Å². The molecule has 0 saturated heterocycles. The van der Waals surface area contributed by atoms with Gasteiger partial charge < -0.3 is 11.1 Å². The van der Waals surface area contributed by atoms with E-state index in [2.05, 4.69) is 19.2 Å². The standard InChI is InChI=1S/C16H24N2O.ClH/c1-16(2)10-4-3-5-14(16)18-15(19)13-8-6-12(11-17)7-9-13;/h6-9,14H,3-5,10-11,17H2,1-2H3,(H,18,19);1H. The number of carbonyl (C=O) groups is 1. The van der Waals surface area contributed by atoms with Gasteiger partial charge in [0.25, 0.3) is 5.91 Å². The van der Waals surface area contributed by atoms with Gasteiger partial charge in [0.2, 0.25) is 0 Å².